The Morgan fingerprint density at radius 3 is 2.70 bits per heavy atom. The van der Waals surface area contributed by atoms with E-state index in [2.05, 4.69) is 0 Å². The molecular formula is C13H14O5S2. The number of carbonyl (C=O) groups is 1. The van der Waals surface area contributed by atoms with Crippen molar-refractivity contribution < 1.29 is 23.1 Å². The molecule has 0 aliphatic rings. The van der Waals surface area contributed by atoms with E-state index < -0.39 is 15.8 Å². The minimum Gasteiger partial charge on any atom is -0.477 e. The van der Waals surface area contributed by atoms with Crippen LogP contribution in [0.1, 0.15) is 15.2 Å². The van der Waals surface area contributed by atoms with Crippen molar-refractivity contribution in [3.8, 4) is 0 Å². The van der Waals surface area contributed by atoms with E-state index in [0.717, 1.165) is 16.0 Å². The van der Waals surface area contributed by atoms with E-state index >= 15 is 0 Å². The fourth-order valence-corrected chi connectivity index (χ4v) is 4.37. The number of rotatable bonds is 6. The average molecular weight is 314 g/mol. The second-order valence-electron chi connectivity index (χ2n) is 4.30. The smallest absolute Gasteiger partial charge is 0.346 e. The van der Waals surface area contributed by atoms with Gasteiger partial charge in [0.15, 0.2) is 9.84 Å². The number of hydrogen-bond acceptors (Lipinski definition) is 5. The topological polar surface area (TPSA) is 80.7 Å². The van der Waals surface area contributed by atoms with Gasteiger partial charge in [0, 0.05) is 17.4 Å². The molecule has 0 atom stereocenters. The van der Waals surface area contributed by atoms with Crippen LogP contribution in [-0.2, 0) is 20.3 Å². The molecule has 1 N–H and O–H groups in total. The van der Waals surface area contributed by atoms with Gasteiger partial charge in [-0.1, -0.05) is 18.2 Å². The summed E-state index contributed by atoms with van der Waals surface area (Å²) >= 11 is 1.10. The maximum Gasteiger partial charge on any atom is 0.346 e. The number of methoxy groups -OCH3 is 1. The number of carboxylic acid groups (broad SMARTS) is 1. The highest BCUT2D eigenvalue weighted by Crippen LogP contribution is 2.32. The SMILES string of the molecule is COCCS(=O)(=O)Cc1c(C(=O)O)sc2ccccc12. The Morgan fingerprint density at radius 2 is 2.05 bits per heavy atom. The fraction of sp³-hybridized carbons (Fsp3) is 0.308. The van der Waals surface area contributed by atoms with Crippen molar-refractivity contribution in [2.75, 3.05) is 19.5 Å². The quantitative estimate of drug-likeness (QED) is 0.883. The highest BCUT2D eigenvalue weighted by molar-refractivity contribution is 7.90. The minimum atomic E-state index is -3.40. The van der Waals surface area contributed by atoms with E-state index in [1.165, 1.54) is 7.11 Å². The third-order valence-corrected chi connectivity index (χ3v) is 5.57. The molecule has 2 rings (SSSR count). The van der Waals surface area contributed by atoms with Gasteiger partial charge in [-0.2, -0.15) is 0 Å². The summed E-state index contributed by atoms with van der Waals surface area (Å²) in [5.41, 5.74) is 0.370. The molecular weight excluding hydrogens is 300 g/mol. The Kier molecular flexibility index (Phi) is 4.42. The van der Waals surface area contributed by atoms with Crippen molar-refractivity contribution in [3.05, 3.63) is 34.7 Å². The molecule has 0 aliphatic carbocycles. The first-order valence-corrected chi connectivity index (χ1v) is 8.51. The molecule has 1 aromatic carbocycles. The molecule has 2 aromatic rings. The van der Waals surface area contributed by atoms with E-state index in [0.29, 0.717) is 10.9 Å². The van der Waals surface area contributed by atoms with Gasteiger partial charge in [-0.05, 0) is 11.5 Å². The van der Waals surface area contributed by atoms with Gasteiger partial charge in [0.1, 0.15) is 4.88 Å². The van der Waals surface area contributed by atoms with Gasteiger partial charge >= 0.3 is 5.97 Å². The van der Waals surface area contributed by atoms with Crippen LogP contribution in [-0.4, -0.2) is 39.0 Å². The van der Waals surface area contributed by atoms with E-state index in [1.807, 2.05) is 0 Å². The van der Waals surface area contributed by atoms with E-state index in [9.17, 15) is 18.3 Å². The Labute approximate surface area is 120 Å². The third kappa shape index (κ3) is 3.17. The van der Waals surface area contributed by atoms with Crippen molar-refractivity contribution in [2.24, 2.45) is 0 Å². The summed E-state index contributed by atoms with van der Waals surface area (Å²) in [6.45, 7) is 0.104. The van der Waals surface area contributed by atoms with Crippen molar-refractivity contribution in [2.45, 2.75) is 5.75 Å². The van der Waals surface area contributed by atoms with Crippen molar-refractivity contribution in [3.63, 3.8) is 0 Å². The van der Waals surface area contributed by atoms with Crippen LogP contribution in [0.25, 0.3) is 10.1 Å². The number of hydrogen-bond donors (Lipinski definition) is 1. The molecule has 0 bridgehead atoms. The van der Waals surface area contributed by atoms with Gasteiger partial charge in [0.05, 0.1) is 18.1 Å². The summed E-state index contributed by atoms with van der Waals surface area (Å²) in [5, 5.41) is 9.92. The highest BCUT2D eigenvalue weighted by Gasteiger charge is 2.22. The van der Waals surface area contributed by atoms with Crippen LogP contribution in [0, 0.1) is 0 Å². The molecule has 108 valence electrons. The van der Waals surface area contributed by atoms with Crippen LogP contribution in [0.3, 0.4) is 0 Å². The Balaban J connectivity index is 2.47. The van der Waals surface area contributed by atoms with Crippen molar-refractivity contribution in [1.29, 1.82) is 0 Å². The van der Waals surface area contributed by atoms with Crippen molar-refractivity contribution in [1.82, 2.24) is 0 Å². The predicted molar refractivity (Wildman–Crippen MR) is 78.2 cm³/mol. The Morgan fingerprint density at radius 1 is 1.35 bits per heavy atom. The van der Waals surface area contributed by atoms with Crippen LogP contribution in [0.5, 0.6) is 0 Å². The molecule has 20 heavy (non-hydrogen) atoms. The average Bonchev–Trinajstić information content (AvgIpc) is 2.75. The molecule has 0 saturated carbocycles. The Hall–Kier alpha value is -1.44. The predicted octanol–water partition coefficient (Wildman–Crippen LogP) is 2.16. The molecule has 0 amide bonds. The number of sulfone groups is 1. The number of aromatic carboxylic acids is 1. The van der Waals surface area contributed by atoms with E-state index in [4.69, 9.17) is 4.74 Å². The number of carboxylic acids is 1. The zero-order chi connectivity index (χ0) is 14.8. The normalized spacial score (nSPS) is 11.8. The van der Waals surface area contributed by atoms with Crippen LogP contribution < -0.4 is 0 Å². The lowest BCUT2D eigenvalue weighted by Crippen LogP contribution is -2.14. The number of thiophene rings is 1. The van der Waals surface area contributed by atoms with Crippen LogP contribution >= 0.6 is 11.3 Å². The molecule has 1 heterocycles. The lowest BCUT2D eigenvalue weighted by Gasteiger charge is -2.04. The summed E-state index contributed by atoms with van der Waals surface area (Å²) < 4.78 is 29.6. The molecule has 0 saturated heterocycles. The molecule has 0 spiro atoms. The summed E-state index contributed by atoms with van der Waals surface area (Å²) in [7, 11) is -1.97. The number of benzene rings is 1. The first kappa shape index (κ1) is 15.0. The standard InChI is InChI=1S/C13H14O5S2/c1-18-6-7-20(16,17)8-10-9-4-2-3-5-11(9)19-12(10)13(14)15/h2-5H,6-8H2,1H3,(H,14,15). The van der Waals surface area contributed by atoms with Crippen molar-refractivity contribution >= 4 is 37.2 Å². The van der Waals surface area contributed by atoms with E-state index in [-0.39, 0.29) is 23.0 Å². The molecule has 0 unspecified atom stereocenters. The van der Waals surface area contributed by atoms with Gasteiger partial charge in [-0.15, -0.1) is 11.3 Å². The van der Waals surface area contributed by atoms with Crippen LogP contribution in [0.15, 0.2) is 24.3 Å². The van der Waals surface area contributed by atoms with Crippen LogP contribution in [0.4, 0.5) is 0 Å². The van der Waals surface area contributed by atoms with Gasteiger partial charge in [-0.3, -0.25) is 0 Å². The molecule has 0 fully saturated rings. The minimum absolute atomic E-state index is 0.0900. The first-order chi connectivity index (χ1) is 9.44. The molecule has 0 radical (unpaired) electrons. The summed E-state index contributed by atoms with van der Waals surface area (Å²) in [4.78, 5) is 11.4. The third-order valence-electron chi connectivity index (χ3n) is 2.86. The maximum absolute atomic E-state index is 12.0. The maximum atomic E-state index is 12.0. The Bertz CT molecular complexity index is 730. The largest absolute Gasteiger partial charge is 0.477 e. The van der Waals surface area contributed by atoms with E-state index in [1.54, 1.807) is 24.3 Å². The molecule has 7 heteroatoms. The zero-order valence-corrected chi connectivity index (χ0v) is 12.5. The van der Waals surface area contributed by atoms with Gasteiger partial charge in [0.25, 0.3) is 0 Å². The lowest BCUT2D eigenvalue weighted by atomic mass is 10.1. The monoisotopic (exact) mass is 314 g/mol. The lowest BCUT2D eigenvalue weighted by molar-refractivity contribution is 0.0701. The first-order valence-electron chi connectivity index (χ1n) is 5.87. The van der Waals surface area contributed by atoms with Gasteiger partial charge in [-0.25, -0.2) is 13.2 Å². The molecule has 0 aliphatic heterocycles. The van der Waals surface area contributed by atoms with Gasteiger partial charge in [0.2, 0.25) is 0 Å². The highest BCUT2D eigenvalue weighted by atomic mass is 32.2. The summed E-state index contributed by atoms with van der Waals surface area (Å²) in [5.74, 6) is -1.49. The number of ether oxygens (including phenoxy) is 1. The summed E-state index contributed by atoms with van der Waals surface area (Å²) in [6.07, 6.45) is 0. The zero-order valence-electron chi connectivity index (χ0n) is 10.8. The second kappa shape index (κ2) is 5.90. The van der Waals surface area contributed by atoms with Gasteiger partial charge < -0.3 is 9.84 Å². The molecule has 1 aromatic heterocycles. The van der Waals surface area contributed by atoms with Crippen LogP contribution in [0.2, 0.25) is 0 Å². The fourth-order valence-electron chi connectivity index (χ4n) is 1.92. The number of fused-ring (bicyclic) bond motifs is 1. The summed E-state index contributed by atoms with van der Waals surface area (Å²) in [6, 6.07) is 7.11. The second-order valence-corrected chi connectivity index (χ2v) is 7.53. The molecule has 5 nitrogen and oxygen atoms in total.